The number of nitrogens with two attached hydrogens (primary N) is 1. The first-order valence-electron chi connectivity index (χ1n) is 11.9. The number of thiophene rings is 1. The van der Waals surface area contributed by atoms with Crippen molar-refractivity contribution in [2.75, 3.05) is 4.90 Å². The van der Waals surface area contributed by atoms with Crippen LogP contribution in [0.1, 0.15) is 71.6 Å². The Hall–Kier alpha value is -3.17. The first-order valence-corrected chi connectivity index (χ1v) is 12.7. The van der Waals surface area contributed by atoms with E-state index in [4.69, 9.17) is 10.7 Å². The Morgan fingerprint density at radius 3 is 2.76 bits per heavy atom. The lowest BCUT2D eigenvalue weighted by Gasteiger charge is -2.41. The zero-order valence-electron chi connectivity index (χ0n) is 18.8. The Balaban J connectivity index is 1.65. The molecule has 166 valence electrons. The van der Waals surface area contributed by atoms with Gasteiger partial charge in [-0.2, -0.15) is 5.26 Å². The van der Waals surface area contributed by atoms with E-state index in [2.05, 4.69) is 11.0 Å². The Bertz CT molecular complexity index is 1340. The molecule has 1 atom stereocenters. The summed E-state index contributed by atoms with van der Waals surface area (Å²) in [6, 6.07) is 10.5. The summed E-state index contributed by atoms with van der Waals surface area (Å²) in [5.74, 6) is 0.887. The van der Waals surface area contributed by atoms with E-state index >= 15 is 0 Å². The lowest BCUT2D eigenvalue weighted by molar-refractivity contribution is -0.116. The van der Waals surface area contributed by atoms with Gasteiger partial charge < -0.3 is 5.73 Å². The number of carbonyl (C=O) groups is 1. The monoisotopic (exact) mass is 454 g/mol. The van der Waals surface area contributed by atoms with Crippen LogP contribution in [0, 0.1) is 18.3 Å². The molecule has 0 radical (unpaired) electrons. The lowest BCUT2D eigenvalue weighted by Crippen LogP contribution is -2.38. The standard InChI is InChI=1S/C27H26N4OS/c1-15-8-5-6-9-16(15)22-18(14-28)26-30-25(29)23-17-10-3-2-4-13-21(17)33-27(23)31(26)19-11-7-12-20(32)24(19)22/h5-6,8-9,22H,2-4,7,10-13H2,1H3,(H2,29,30)/t22-/m0/s1. The molecular formula is C27H26N4OS. The van der Waals surface area contributed by atoms with Gasteiger partial charge in [0.25, 0.3) is 0 Å². The molecule has 2 aliphatic heterocycles. The highest BCUT2D eigenvalue weighted by Crippen LogP contribution is 2.53. The molecule has 6 heteroatoms. The molecule has 0 amide bonds. The van der Waals surface area contributed by atoms with Crippen LogP contribution < -0.4 is 10.6 Å². The van der Waals surface area contributed by atoms with Gasteiger partial charge in [0, 0.05) is 22.6 Å². The highest BCUT2D eigenvalue weighted by Gasteiger charge is 2.44. The third-order valence-electron chi connectivity index (χ3n) is 7.44. The second-order valence-corrected chi connectivity index (χ2v) is 10.4. The van der Waals surface area contributed by atoms with Gasteiger partial charge in [-0.15, -0.1) is 11.3 Å². The lowest BCUT2D eigenvalue weighted by atomic mass is 9.74. The average molecular weight is 455 g/mol. The number of ketones is 1. The van der Waals surface area contributed by atoms with E-state index in [0.717, 1.165) is 65.1 Å². The number of nitrogens with zero attached hydrogens (tertiary/aromatic N) is 3. The quantitative estimate of drug-likeness (QED) is 0.586. The van der Waals surface area contributed by atoms with E-state index in [1.54, 1.807) is 11.3 Å². The number of hydrogen-bond donors (Lipinski definition) is 1. The predicted molar refractivity (Wildman–Crippen MR) is 131 cm³/mol. The van der Waals surface area contributed by atoms with Crippen LogP contribution in [0.3, 0.4) is 0 Å². The number of rotatable bonds is 1. The maximum Gasteiger partial charge on any atom is 0.161 e. The normalized spacial score (nSPS) is 22.1. The zero-order valence-corrected chi connectivity index (χ0v) is 19.6. The van der Waals surface area contributed by atoms with E-state index in [9.17, 15) is 10.1 Å². The van der Waals surface area contributed by atoms with Gasteiger partial charge in [0.1, 0.15) is 10.8 Å². The third kappa shape index (κ3) is 2.95. The van der Waals surface area contributed by atoms with E-state index in [1.165, 1.54) is 23.3 Å². The molecule has 0 saturated carbocycles. The van der Waals surface area contributed by atoms with Crippen LogP contribution in [-0.4, -0.2) is 11.6 Å². The second-order valence-electron chi connectivity index (χ2n) is 9.35. The van der Waals surface area contributed by atoms with Crippen LogP contribution in [-0.2, 0) is 17.6 Å². The third-order valence-corrected chi connectivity index (χ3v) is 8.71. The summed E-state index contributed by atoms with van der Waals surface area (Å²) in [6.45, 7) is 2.04. The van der Waals surface area contributed by atoms with Crippen molar-refractivity contribution in [3.05, 3.63) is 74.1 Å². The van der Waals surface area contributed by atoms with Gasteiger partial charge in [0.05, 0.1) is 23.1 Å². The Labute approximate surface area is 197 Å². The molecule has 0 saturated heterocycles. The fraction of sp³-hybridized carbons (Fsp3) is 0.370. The largest absolute Gasteiger partial charge is 0.383 e. The van der Waals surface area contributed by atoms with E-state index < -0.39 is 0 Å². The predicted octanol–water partition coefficient (Wildman–Crippen LogP) is 5.39. The number of amidine groups is 1. The molecule has 2 aromatic rings. The van der Waals surface area contributed by atoms with Crippen LogP contribution in [0.25, 0.3) is 0 Å². The molecule has 0 fully saturated rings. The summed E-state index contributed by atoms with van der Waals surface area (Å²) in [7, 11) is 0. The van der Waals surface area contributed by atoms with E-state index in [1.807, 2.05) is 31.2 Å². The van der Waals surface area contributed by atoms with Crippen LogP contribution in [0.15, 0.2) is 51.9 Å². The molecule has 33 heavy (non-hydrogen) atoms. The Kier molecular flexibility index (Phi) is 4.77. The molecule has 4 aliphatic rings. The molecule has 2 aliphatic carbocycles. The molecular weight excluding hydrogens is 428 g/mol. The van der Waals surface area contributed by atoms with Crippen molar-refractivity contribution in [1.29, 1.82) is 5.26 Å². The first-order chi connectivity index (χ1) is 16.1. The minimum absolute atomic E-state index is 0.151. The van der Waals surface area contributed by atoms with Gasteiger partial charge in [-0.05, 0) is 62.1 Å². The number of benzene rings is 1. The maximum atomic E-state index is 13.4. The summed E-state index contributed by atoms with van der Waals surface area (Å²) in [5, 5.41) is 11.4. The summed E-state index contributed by atoms with van der Waals surface area (Å²) >= 11 is 1.79. The number of aliphatic imine (C=N–C) groups is 1. The summed E-state index contributed by atoms with van der Waals surface area (Å²) < 4.78 is 0. The van der Waals surface area contributed by atoms with Crippen LogP contribution in [0.5, 0.6) is 0 Å². The number of carbonyl (C=O) groups excluding carboxylic acids is 1. The fourth-order valence-electron chi connectivity index (χ4n) is 5.91. The minimum atomic E-state index is -0.388. The minimum Gasteiger partial charge on any atom is -0.383 e. The molecule has 2 N–H and O–H groups in total. The topological polar surface area (TPSA) is 82.5 Å². The van der Waals surface area contributed by atoms with Crippen molar-refractivity contribution >= 4 is 28.0 Å². The Morgan fingerprint density at radius 2 is 1.94 bits per heavy atom. The molecule has 0 unspecified atom stereocenters. The molecule has 1 aromatic heterocycles. The van der Waals surface area contributed by atoms with Crippen molar-refractivity contribution in [1.82, 2.24) is 0 Å². The van der Waals surface area contributed by atoms with Gasteiger partial charge in [-0.25, -0.2) is 4.99 Å². The highest BCUT2D eigenvalue weighted by molar-refractivity contribution is 7.17. The first kappa shape index (κ1) is 20.4. The van der Waals surface area contributed by atoms with Crippen LogP contribution in [0.4, 0.5) is 5.00 Å². The van der Waals surface area contributed by atoms with Gasteiger partial charge in [0.2, 0.25) is 0 Å². The number of nitriles is 1. The van der Waals surface area contributed by atoms with Crippen molar-refractivity contribution in [3.63, 3.8) is 0 Å². The molecule has 6 rings (SSSR count). The van der Waals surface area contributed by atoms with Crippen molar-refractivity contribution in [2.45, 2.75) is 64.2 Å². The SMILES string of the molecule is Cc1ccccc1[C@H]1C(C#N)=C2N=C(N)c3c(sc4c3CCCCC4)N2C2=C1C(=O)CCC2. The number of fused-ring (bicyclic) bond motifs is 6. The van der Waals surface area contributed by atoms with Crippen molar-refractivity contribution in [2.24, 2.45) is 10.7 Å². The van der Waals surface area contributed by atoms with Gasteiger partial charge >= 0.3 is 0 Å². The molecule has 5 nitrogen and oxygen atoms in total. The average Bonchev–Trinajstić information content (AvgIpc) is 3.02. The smallest absolute Gasteiger partial charge is 0.161 e. The number of Topliss-reactive ketones (excluding diaryl/α,β-unsaturated/α-hetero) is 1. The number of aryl methyl sites for hydroxylation is 2. The number of allylic oxidation sites excluding steroid dienone is 3. The maximum absolute atomic E-state index is 13.4. The van der Waals surface area contributed by atoms with Gasteiger partial charge in [-0.1, -0.05) is 30.7 Å². The van der Waals surface area contributed by atoms with Gasteiger partial charge in [-0.3, -0.25) is 9.69 Å². The Morgan fingerprint density at radius 1 is 1.12 bits per heavy atom. The van der Waals surface area contributed by atoms with Crippen molar-refractivity contribution < 1.29 is 4.79 Å². The summed E-state index contributed by atoms with van der Waals surface area (Å²) in [6.07, 6.45) is 7.84. The van der Waals surface area contributed by atoms with Gasteiger partial charge in [0.15, 0.2) is 11.6 Å². The van der Waals surface area contributed by atoms with Crippen LogP contribution >= 0.6 is 11.3 Å². The number of anilines is 1. The highest BCUT2D eigenvalue weighted by atomic mass is 32.1. The molecule has 3 heterocycles. The molecule has 0 spiro atoms. The zero-order chi connectivity index (χ0) is 22.7. The second kappa shape index (κ2) is 7.71. The van der Waals surface area contributed by atoms with E-state index in [-0.39, 0.29) is 11.7 Å². The summed E-state index contributed by atoms with van der Waals surface area (Å²) in [5.41, 5.74) is 13.4. The van der Waals surface area contributed by atoms with Crippen LogP contribution in [0.2, 0.25) is 0 Å². The van der Waals surface area contributed by atoms with Crippen molar-refractivity contribution in [3.8, 4) is 6.07 Å². The molecule has 0 bridgehead atoms. The fourth-order valence-corrected chi connectivity index (χ4v) is 7.34. The number of hydrogen-bond acceptors (Lipinski definition) is 6. The summed E-state index contributed by atoms with van der Waals surface area (Å²) in [4.78, 5) is 21.8. The van der Waals surface area contributed by atoms with E-state index in [0.29, 0.717) is 23.7 Å². The molecule has 1 aromatic carbocycles.